The van der Waals surface area contributed by atoms with Crippen LogP contribution in [0.2, 0.25) is 0 Å². The average molecular weight is 338 g/mol. The van der Waals surface area contributed by atoms with Crippen molar-refractivity contribution >= 4 is 17.7 Å². The fourth-order valence-electron chi connectivity index (χ4n) is 2.37. The summed E-state index contributed by atoms with van der Waals surface area (Å²) < 4.78 is 5.32. The van der Waals surface area contributed by atoms with Gasteiger partial charge in [0.15, 0.2) is 11.9 Å². The van der Waals surface area contributed by atoms with Crippen molar-refractivity contribution < 1.29 is 19.1 Å². The SMILES string of the molecule is CC(=O)C(CCC#N)OC(=O)C(C(C)C)N(C)C(=O)C(C)C(C)C. The molecule has 6 nitrogen and oxygen atoms in total. The van der Waals surface area contributed by atoms with Crippen molar-refractivity contribution in [3.63, 3.8) is 0 Å². The number of hydrogen-bond donors (Lipinski definition) is 0. The molecule has 6 heteroatoms. The summed E-state index contributed by atoms with van der Waals surface area (Å²) in [4.78, 5) is 38.1. The minimum atomic E-state index is -0.940. The minimum absolute atomic E-state index is 0.128. The molecule has 0 heterocycles. The van der Waals surface area contributed by atoms with Crippen molar-refractivity contribution in [3.8, 4) is 6.07 Å². The molecule has 0 fully saturated rings. The molecular weight excluding hydrogens is 308 g/mol. The number of ether oxygens (including phenoxy) is 1. The van der Waals surface area contributed by atoms with Crippen molar-refractivity contribution in [3.05, 3.63) is 0 Å². The molecule has 3 unspecified atom stereocenters. The zero-order valence-corrected chi connectivity index (χ0v) is 15.8. The molecule has 0 aromatic carbocycles. The van der Waals surface area contributed by atoms with Gasteiger partial charge in [-0.2, -0.15) is 5.26 Å². The number of hydrogen-bond acceptors (Lipinski definition) is 5. The molecule has 0 saturated heterocycles. The van der Waals surface area contributed by atoms with Crippen molar-refractivity contribution in [2.45, 2.75) is 66.5 Å². The maximum Gasteiger partial charge on any atom is 0.329 e. The Morgan fingerprint density at radius 1 is 1.08 bits per heavy atom. The van der Waals surface area contributed by atoms with Crippen LogP contribution in [0.25, 0.3) is 0 Å². The molecule has 0 rings (SSSR count). The van der Waals surface area contributed by atoms with Crippen LogP contribution in [0.4, 0.5) is 0 Å². The van der Waals surface area contributed by atoms with Crippen molar-refractivity contribution in [1.29, 1.82) is 5.26 Å². The van der Waals surface area contributed by atoms with E-state index in [0.29, 0.717) is 0 Å². The van der Waals surface area contributed by atoms with Gasteiger partial charge in [-0.1, -0.05) is 34.6 Å². The molecule has 0 aromatic heterocycles. The summed E-state index contributed by atoms with van der Waals surface area (Å²) in [5, 5.41) is 8.65. The van der Waals surface area contributed by atoms with Crippen molar-refractivity contribution in [2.75, 3.05) is 7.05 Å². The van der Waals surface area contributed by atoms with E-state index in [0.717, 1.165) is 0 Å². The van der Waals surface area contributed by atoms with Gasteiger partial charge in [-0.05, 0) is 18.8 Å². The Balaban J connectivity index is 5.23. The summed E-state index contributed by atoms with van der Waals surface area (Å²) in [7, 11) is 1.59. The van der Waals surface area contributed by atoms with Gasteiger partial charge < -0.3 is 9.64 Å². The summed E-state index contributed by atoms with van der Waals surface area (Å²) in [5.41, 5.74) is 0. The van der Waals surface area contributed by atoms with Gasteiger partial charge in [0.2, 0.25) is 5.91 Å². The van der Waals surface area contributed by atoms with E-state index in [-0.39, 0.29) is 42.3 Å². The molecule has 0 radical (unpaired) electrons. The monoisotopic (exact) mass is 338 g/mol. The van der Waals surface area contributed by atoms with E-state index in [2.05, 4.69) is 0 Å². The number of carbonyl (C=O) groups excluding carboxylic acids is 3. The Kier molecular flexibility index (Phi) is 9.27. The van der Waals surface area contributed by atoms with E-state index in [1.807, 2.05) is 40.7 Å². The molecule has 1 amide bonds. The molecule has 3 atom stereocenters. The van der Waals surface area contributed by atoms with Gasteiger partial charge >= 0.3 is 5.97 Å². The summed E-state index contributed by atoms with van der Waals surface area (Å²) in [6.07, 6.45) is -0.643. The maximum atomic E-state index is 12.5. The largest absolute Gasteiger partial charge is 0.453 e. The molecular formula is C18H30N2O4. The first kappa shape index (κ1) is 22.1. The van der Waals surface area contributed by atoms with E-state index in [9.17, 15) is 14.4 Å². The number of nitriles is 1. The quantitative estimate of drug-likeness (QED) is 0.603. The van der Waals surface area contributed by atoms with Gasteiger partial charge in [0.05, 0.1) is 6.07 Å². The molecule has 0 aromatic rings. The summed E-state index contributed by atoms with van der Waals surface area (Å²) >= 11 is 0. The Hall–Kier alpha value is -1.90. The highest BCUT2D eigenvalue weighted by Gasteiger charge is 2.35. The van der Waals surface area contributed by atoms with Crippen LogP contribution in [0.5, 0.6) is 0 Å². The van der Waals surface area contributed by atoms with E-state index in [1.165, 1.54) is 11.8 Å². The van der Waals surface area contributed by atoms with Gasteiger partial charge in [0.1, 0.15) is 6.04 Å². The summed E-state index contributed by atoms with van der Waals surface area (Å²) in [5.74, 6) is -1.25. The second-order valence-electron chi connectivity index (χ2n) is 6.90. The van der Waals surface area contributed by atoms with Crippen molar-refractivity contribution in [2.24, 2.45) is 17.8 Å². The number of likely N-dealkylation sites (N-methyl/N-ethyl adjacent to an activating group) is 1. The first-order chi connectivity index (χ1) is 11.0. The molecule has 0 bridgehead atoms. The highest BCUT2D eigenvalue weighted by Crippen LogP contribution is 2.19. The predicted octanol–water partition coefficient (Wildman–Crippen LogP) is 2.57. The number of amides is 1. The molecule has 24 heavy (non-hydrogen) atoms. The fraction of sp³-hybridized carbons (Fsp3) is 0.778. The highest BCUT2D eigenvalue weighted by molar-refractivity contribution is 5.88. The Bertz CT molecular complexity index is 494. The Morgan fingerprint density at radius 2 is 1.62 bits per heavy atom. The number of carbonyl (C=O) groups is 3. The number of esters is 1. The third-order valence-electron chi connectivity index (χ3n) is 4.26. The van der Waals surface area contributed by atoms with Crippen LogP contribution in [0.3, 0.4) is 0 Å². The first-order valence-corrected chi connectivity index (χ1v) is 8.39. The molecule has 0 N–H and O–H groups in total. The maximum absolute atomic E-state index is 12.5. The molecule has 0 aliphatic heterocycles. The molecule has 0 spiro atoms. The normalized spacial score (nSPS) is 14.7. The van der Waals surface area contributed by atoms with Gasteiger partial charge in [0, 0.05) is 25.8 Å². The zero-order valence-electron chi connectivity index (χ0n) is 15.8. The van der Waals surface area contributed by atoms with Crippen LogP contribution < -0.4 is 0 Å². The van der Waals surface area contributed by atoms with E-state index in [4.69, 9.17) is 10.00 Å². The second-order valence-corrected chi connectivity index (χ2v) is 6.90. The predicted molar refractivity (Wildman–Crippen MR) is 90.8 cm³/mol. The first-order valence-electron chi connectivity index (χ1n) is 8.39. The molecule has 0 saturated carbocycles. The number of ketones is 1. The van der Waals surface area contributed by atoms with Crippen LogP contribution in [0, 0.1) is 29.1 Å². The fourth-order valence-corrected chi connectivity index (χ4v) is 2.37. The lowest BCUT2D eigenvalue weighted by atomic mass is 9.94. The van der Waals surface area contributed by atoms with Crippen LogP contribution in [-0.4, -0.2) is 41.8 Å². The molecule has 136 valence electrons. The standard InChI is InChI=1S/C18H30N2O4/c1-11(2)13(5)17(22)20(7)16(12(3)4)18(23)24-15(14(6)21)9-8-10-19/h11-13,15-16H,8-9H2,1-7H3. The third-order valence-corrected chi connectivity index (χ3v) is 4.26. The summed E-state index contributed by atoms with van der Waals surface area (Å²) in [6, 6.07) is 1.18. The van der Waals surface area contributed by atoms with Crippen LogP contribution in [0.1, 0.15) is 54.4 Å². The van der Waals surface area contributed by atoms with Gasteiger partial charge in [-0.15, -0.1) is 0 Å². The number of nitrogens with zero attached hydrogens (tertiary/aromatic N) is 2. The van der Waals surface area contributed by atoms with Crippen molar-refractivity contribution in [1.82, 2.24) is 4.90 Å². The second kappa shape index (κ2) is 10.1. The molecule has 0 aliphatic rings. The van der Waals surface area contributed by atoms with Crippen LogP contribution in [-0.2, 0) is 19.1 Å². The third kappa shape index (κ3) is 6.31. The smallest absolute Gasteiger partial charge is 0.329 e. The number of Topliss-reactive ketones (excluding diaryl/α,β-unsaturated/α-hetero) is 1. The highest BCUT2D eigenvalue weighted by atomic mass is 16.5. The van der Waals surface area contributed by atoms with E-state index >= 15 is 0 Å². The van der Waals surface area contributed by atoms with Gasteiger partial charge in [-0.25, -0.2) is 4.79 Å². The molecule has 0 aliphatic carbocycles. The van der Waals surface area contributed by atoms with E-state index < -0.39 is 18.1 Å². The van der Waals surface area contributed by atoms with Crippen LogP contribution in [0.15, 0.2) is 0 Å². The zero-order chi connectivity index (χ0) is 19.0. The lowest BCUT2D eigenvalue weighted by Gasteiger charge is -2.33. The van der Waals surface area contributed by atoms with Crippen LogP contribution >= 0.6 is 0 Å². The lowest BCUT2D eigenvalue weighted by Crippen LogP contribution is -2.50. The minimum Gasteiger partial charge on any atom is -0.453 e. The van der Waals surface area contributed by atoms with Gasteiger partial charge in [-0.3, -0.25) is 9.59 Å². The summed E-state index contributed by atoms with van der Waals surface area (Å²) in [6.45, 7) is 10.7. The topological polar surface area (TPSA) is 87.5 Å². The Morgan fingerprint density at radius 3 is 2.00 bits per heavy atom. The van der Waals surface area contributed by atoms with E-state index in [1.54, 1.807) is 7.05 Å². The average Bonchev–Trinajstić information content (AvgIpc) is 2.48. The number of rotatable bonds is 9. The lowest BCUT2D eigenvalue weighted by molar-refractivity contribution is -0.165. The Labute approximate surface area is 145 Å². The van der Waals surface area contributed by atoms with Gasteiger partial charge in [0.25, 0.3) is 0 Å².